The van der Waals surface area contributed by atoms with Crippen LogP contribution in [0, 0.1) is 5.82 Å². The molecule has 0 spiro atoms. The number of nitrogens with one attached hydrogen (secondary N) is 1. The van der Waals surface area contributed by atoms with Crippen molar-refractivity contribution in [1.82, 2.24) is 9.97 Å². The maximum atomic E-state index is 13.3. The number of halogens is 2. The second-order valence-corrected chi connectivity index (χ2v) is 4.10. The van der Waals surface area contributed by atoms with Gasteiger partial charge in [0.2, 0.25) is 5.75 Å². The molecule has 0 fully saturated rings. The van der Waals surface area contributed by atoms with Crippen LogP contribution in [-0.2, 0) is 0 Å². The zero-order valence-electron chi connectivity index (χ0n) is 9.24. The second-order valence-electron chi connectivity index (χ2n) is 3.25. The van der Waals surface area contributed by atoms with Crippen LogP contribution in [0.2, 0.25) is 0 Å². The van der Waals surface area contributed by atoms with E-state index in [-0.39, 0.29) is 17.4 Å². The average molecular weight is 315 g/mol. The molecule has 2 aromatic rings. The SMILES string of the molecule is COc1c(Oc2ccc(Br)c(F)c2)nc[nH]c1=O. The lowest BCUT2D eigenvalue weighted by Crippen LogP contribution is -2.10. The molecule has 7 heteroatoms. The topological polar surface area (TPSA) is 64.2 Å². The Hall–Kier alpha value is -1.89. The highest BCUT2D eigenvalue weighted by atomic mass is 79.9. The van der Waals surface area contributed by atoms with Gasteiger partial charge in [0.05, 0.1) is 17.9 Å². The van der Waals surface area contributed by atoms with E-state index in [1.807, 2.05) is 0 Å². The molecule has 94 valence electrons. The highest BCUT2D eigenvalue weighted by molar-refractivity contribution is 9.10. The molecule has 0 unspecified atom stereocenters. The molecular weight excluding hydrogens is 307 g/mol. The van der Waals surface area contributed by atoms with Gasteiger partial charge in [-0.15, -0.1) is 0 Å². The van der Waals surface area contributed by atoms with Crippen molar-refractivity contribution in [3.05, 3.63) is 45.2 Å². The predicted molar refractivity (Wildman–Crippen MR) is 65.6 cm³/mol. The van der Waals surface area contributed by atoms with E-state index in [2.05, 4.69) is 25.9 Å². The third kappa shape index (κ3) is 2.51. The van der Waals surface area contributed by atoms with Gasteiger partial charge in [0.15, 0.2) is 0 Å². The lowest BCUT2D eigenvalue weighted by atomic mass is 10.3. The summed E-state index contributed by atoms with van der Waals surface area (Å²) in [6.07, 6.45) is 1.18. The first-order chi connectivity index (χ1) is 8.61. The van der Waals surface area contributed by atoms with Crippen molar-refractivity contribution in [2.75, 3.05) is 7.11 Å². The van der Waals surface area contributed by atoms with Gasteiger partial charge in [-0.25, -0.2) is 9.37 Å². The number of benzene rings is 1. The number of aromatic nitrogens is 2. The van der Waals surface area contributed by atoms with Gasteiger partial charge in [-0.05, 0) is 28.1 Å². The maximum Gasteiger partial charge on any atom is 0.297 e. The van der Waals surface area contributed by atoms with Gasteiger partial charge in [0.1, 0.15) is 11.6 Å². The zero-order chi connectivity index (χ0) is 13.1. The molecule has 0 saturated heterocycles. The minimum Gasteiger partial charge on any atom is -0.487 e. The number of rotatable bonds is 3. The number of methoxy groups -OCH3 is 1. The molecule has 0 amide bonds. The Morgan fingerprint density at radius 1 is 1.44 bits per heavy atom. The number of H-pyrrole nitrogens is 1. The Kier molecular flexibility index (Phi) is 3.61. The van der Waals surface area contributed by atoms with E-state index in [0.29, 0.717) is 4.47 Å². The molecule has 0 bridgehead atoms. The third-order valence-electron chi connectivity index (χ3n) is 2.09. The Labute approximate surface area is 110 Å². The number of nitrogens with zero attached hydrogens (tertiary/aromatic N) is 1. The summed E-state index contributed by atoms with van der Waals surface area (Å²) in [4.78, 5) is 17.6. The normalized spacial score (nSPS) is 10.2. The molecule has 0 saturated carbocycles. The van der Waals surface area contributed by atoms with Crippen molar-refractivity contribution in [3.8, 4) is 17.4 Å². The van der Waals surface area contributed by atoms with E-state index >= 15 is 0 Å². The molecule has 1 aromatic carbocycles. The largest absolute Gasteiger partial charge is 0.487 e. The van der Waals surface area contributed by atoms with E-state index in [1.165, 1.54) is 31.6 Å². The molecule has 0 aliphatic heterocycles. The van der Waals surface area contributed by atoms with E-state index in [1.54, 1.807) is 0 Å². The fourth-order valence-electron chi connectivity index (χ4n) is 1.28. The molecule has 0 atom stereocenters. The molecule has 1 N–H and O–H groups in total. The molecular formula is C11H8BrFN2O3. The molecule has 2 rings (SSSR count). The summed E-state index contributed by atoms with van der Waals surface area (Å²) in [6.45, 7) is 0. The molecule has 0 aliphatic rings. The van der Waals surface area contributed by atoms with Crippen LogP contribution in [0.25, 0.3) is 0 Å². The minimum absolute atomic E-state index is 0.0250. The van der Waals surface area contributed by atoms with Crippen molar-refractivity contribution < 1.29 is 13.9 Å². The van der Waals surface area contributed by atoms with Crippen LogP contribution in [0.1, 0.15) is 0 Å². The lowest BCUT2D eigenvalue weighted by molar-refractivity contribution is 0.362. The van der Waals surface area contributed by atoms with Gasteiger partial charge in [-0.1, -0.05) is 0 Å². The van der Waals surface area contributed by atoms with Gasteiger partial charge in [0.25, 0.3) is 11.4 Å². The standard InChI is InChI=1S/C11H8BrFN2O3/c1-17-9-10(16)14-5-15-11(9)18-6-2-3-7(12)8(13)4-6/h2-5H,1H3,(H,14,15,16). The highest BCUT2D eigenvalue weighted by Gasteiger charge is 2.12. The third-order valence-corrected chi connectivity index (χ3v) is 2.73. The first-order valence-electron chi connectivity index (χ1n) is 4.86. The summed E-state index contributed by atoms with van der Waals surface area (Å²) in [5.74, 6) is -0.354. The molecule has 5 nitrogen and oxygen atoms in total. The van der Waals surface area contributed by atoms with Gasteiger partial charge in [-0.2, -0.15) is 0 Å². The number of aromatic amines is 1. The smallest absolute Gasteiger partial charge is 0.297 e. The summed E-state index contributed by atoms with van der Waals surface area (Å²) in [7, 11) is 1.32. The Morgan fingerprint density at radius 2 is 2.22 bits per heavy atom. The van der Waals surface area contributed by atoms with Crippen LogP contribution < -0.4 is 15.0 Å². The van der Waals surface area contributed by atoms with Crippen molar-refractivity contribution in [3.63, 3.8) is 0 Å². The van der Waals surface area contributed by atoms with Crippen molar-refractivity contribution in [2.45, 2.75) is 0 Å². The van der Waals surface area contributed by atoms with Crippen LogP contribution in [0.5, 0.6) is 17.4 Å². The Balaban J connectivity index is 2.37. The van der Waals surface area contributed by atoms with Gasteiger partial charge >= 0.3 is 0 Å². The Morgan fingerprint density at radius 3 is 2.89 bits per heavy atom. The van der Waals surface area contributed by atoms with Gasteiger partial charge in [-0.3, -0.25) is 4.79 Å². The zero-order valence-corrected chi connectivity index (χ0v) is 10.8. The summed E-state index contributed by atoms with van der Waals surface area (Å²) < 4.78 is 23.8. The molecule has 1 heterocycles. The van der Waals surface area contributed by atoms with E-state index in [9.17, 15) is 9.18 Å². The lowest BCUT2D eigenvalue weighted by Gasteiger charge is -2.07. The fourth-order valence-corrected chi connectivity index (χ4v) is 1.52. The van der Waals surface area contributed by atoms with Crippen LogP contribution in [0.3, 0.4) is 0 Å². The molecule has 1 aromatic heterocycles. The van der Waals surface area contributed by atoms with Crippen molar-refractivity contribution in [1.29, 1.82) is 0 Å². The van der Waals surface area contributed by atoms with Crippen LogP contribution >= 0.6 is 15.9 Å². The maximum absolute atomic E-state index is 13.3. The first-order valence-corrected chi connectivity index (χ1v) is 5.65. The second kappa shape index (κ2) is 5.18. The van der Waals surface area contributed by atoms with Crippen molar-refractivity contribution in [2.24, 2.45) is 0 Å². The summed E-state index contributed by atoms with van der Waals surface area (Å²) in [5.41, 5.74) is -0.472. The number of ether oxygens (including phenoxy) is 2. The summed E-state index contributed by atoms with van der Waals surface area (Å²) in [5, 5.41) is 0. The van der Waals surface area contributed by atoms with Gasteiger partial charge in [0, 0.05) is 6.07 Å². The monoisotopic (exact) mass is 314 g/mol. The summed E-state index contributed by atoms with van der Waals surface area (Å²) >= 11 is 3.03. The number of hydrogen-bond donors (Lipinski definition) is 1. The quantitative estimate of drug-likeness (QED) is 0.945. The summed E-state index contributed by atoms with van der Waals surface area (Å²) in [6, 6.07) is 4.20. The van der Waals surface area contributed by atoms with Crippen LogP contribution in [-0.4, -0.2) is 17.1 Å². The van der Waals surface area contributed by atoms with Crippen LogP contribution in [0.4, 0.5) is 4.39 Å². The van der Waals surface area contributed by atoms with E-state index in [0.717, 1.165) is 0 Å². The van der Waals surface area contributed by atoms with Crippen molar-refractivity contribution >= 4 is 15.9 Å². The fraction of sp³-hybridized carbons (Fsp3) is 0.0909. The minimum atomic E-state index is -0.476. The van der Waals surface area contributed by atoms with Gasteiger partial charge < -0.3 is 14.5 Å². The Bertz CT molecular complexity index is 630. The predicted octanol–water partition coefficient (Wildman–Crippen LogP) is 2.47. The first kappa shape index (κ1) is 12.6. The average Bonchev–Trinajstić information content (AvgIpc) is 2.34. The number of hydrogen-bond acceptors (Lipinski definition) is 4. The van der Waals surface area contributed by atoms with E-state index < -0.39 is 11.4 Å². The van der Waals surface area contributed by atoms with Crippen LogP contribution in [0.15, 0.2) is 33.8 Å². The van der Waals surface area contributed by atoms with E-state index in [4.69, 9.17) is 9.47 Å². The molecule has 18 heavy (non-hydrogen) atoms. The highest BCUT2D eigenvalue weighted by Crippen LogP contribution is 2.27. The molecule has 0 aliphatic carbocycles. The molecule has 0 radical (unpaired) electrons.